The average Bonchev–Trinajstić information content (AvgIpc) is 2.93. The SMILES string of the molecule is C=CCC1CC1OC(=O)On1c(O)ccc1O. The normalized spacial score (nSPS) is 21.9. The smallest absolute Gasteiger partial charge is 0.492 e. The van der Waals surface area contributed by atoms with Crippen LogP contribution in [0.25, 0.3) is 0 Å². The van der Waals surface area contributed by atoms with Crippen LogP contribution in [0.15, 0.2) is 24.8 Å². The fourth-order valence-corrected chi connectivity index (χ4v) is 1.54. The van der Waals surface area contributed by atoms with Gasteiger partial charge in [0.1, 0.15) is 6.10 Å². The van der Waals surface area contributed by atoms with Gasteiger partial charge in [0.25, 0.3) is 0 Å². The zero-order valence-corrected chi connectivity index (χ0v) is 9.07. The van der Waals surface area contributed by atoms with Gasteiger partial charge in [0.05, 0.1) is 0 Å². The lowest BCUT2D eigenvalue weighted by Gasteiger charge is -2.07. The van der Waals surface area contributed by atoms with Crippen LogP contribution in [-0.2, 0) is 4.74 Å². The van der Waals surface area contributed by atoms with E-state index in [9.17, 15) is 15.0 Å². The van der Waals surface area contributed by atoms with Gasteiger partial charge in [0.15, 0.2) is 0 Å². The largest absolute Gasteiger partial charge is 0.534 e. The second kappa shape index (κ2) is 4.40. The topological polar surface area (TPSA) is 80.9 Å². The summed E-state index contributed by atoms with van der Waals surface area (Å²) in [7, 11) is 0. The van der Waals surface area contributed by atoms with Gasteiger partial charge in [-0.3, -0.25) is 4.84 Å². The highest BCUT2D eigenvalue weighted by Gasteiger charge is 2.40. The Morgan fingerprint density at radius 3 is 2.76 bits per heavy atom. The summed E-state index contributed by atoms with van der Waals surface area (Å²) >= 11 is 0. The quantitative estimate of drug-likeness (QED) is 0.613. The van der Waals surface area contributed by atoms with Crippen LogP contribution in [0.2, 0.25) is 0 Å². The molecule has 92 valence electrons. The van der Waals surface area contributed by atoms with Crippen molar-refractivity contribution in [3.63, 3.8) is 0 Å². The van der Waals surface area contributed by atoms with Crippen LogP contribution in [-0.4, -0.2) is 27.2 Å². The first-order valence-corrected chi connectivity index (χ1v) is 5.21. The Labute approximate surface area is 97.6 Å². The molecule has 17 heavy (non-hydrogen) atoms. The third-order valence-electron chi connectivity index (χ3n) is 2.54. The summed E-state index contributed by atoms with van der Waals surface area (Å²) in [5.74, 6) is -0.456. The molecule has 0 amide bonds. The average molecular weight is 239 g/mol. The van der Waals surface area contributed by atoms with Gasteiger partial charge in [-0.05, 0) is 12.8 Å². The molecule has 2 atom stereocenters. The van der Waals surface area contributed by atoms with E-state index in [0.717, 1.165) is 12.8 Å². The molecular weight excluding hydrogens is 226 g/mol. The highest BCUT2D eigenvalue weighted by Crippen LogP contribution is 2.37. The van der Waals surface area contributed by atoms with Crippen molar-refractivity contribution < 1.29 is 24.6 Å². The van der Waals surface area contributed by atoms with Crippen molar-refractivity contribution in [3.05, 3.63) is 24.8 Å². The highest BCUT2D eigenvalue weighted by atomic mass is 16.8. The maximum absolute atomic E-state index is 11.3. The molecule has 0 aromatic carbocycles. The molecule has 6 nitrogen and oxygen atoms in total. The number of allylic oxidation sites excluding steroid dienone is 1. The summed E-state index contributed by atoms with van der Waals surface area (Å²) < 4.78 is 5.55. The van der Waals surface area contributed by atoms with E-state index in [-0.39, 0.29) is 17.9 Å². The molecule has 6 heteroatoms. The molecule has 0 spiro atoms. The van der Waals surface area contributed by atoms with Crippen molar-refractivity contribution in [3.8, 4) is 11.8 Å². The van der Waals surface area contributed by atoms with Crippen LogP contribution in [0.1, 0.15) is 12.8 Å². The third-order valence-corrected chi connectivity index (χ3v) is 2.54. The Bertz CT molecular complexity index is 420. The molecule has 2 unspecified atom stereocenters. The van der Waals surface area contributed by atoms with Crippen LogP contribution in [0, 0.1) is 5.92 Å². The molecule has 1 aliphatic rings. The van der Waals surface area contributed by atoms with Gasteiger partial charge in [-0.15, -0.1) is 11.3 Å². The van der Waals surface area contributed by atoms with Crippen LogP contribution < -0.4 is 4.84 Å². The Balaban J connectivity index is 1.84. The molecule has 0 bridgehead atoms. The minimum absolute atomic E-state index is 0.166. The number of rotatable bonds is 4. The first kappa shape index (κ1) is 11.4. The number of aromatic hydroxyl groups is 2. The minimum Gasteiger partial charge on any atom is -0.492 e. The van der Waals surface area contributed by atoms with Gasteiger partial charge in [-0.1, -0.05) is 6.08 Å². The molecule has 2 N–H and O–H groups in total. The predicted octanol–water partition coefficient (Wildman–Crippen LogP) is 1.43. The van der Waals surface area contributed by atoms with Crippen LogP contribution in [0.4, 0.5) is 4.79 Å². The number of aromatic nitrogens is 1. The Kier molecular flexibility index (Phi) is 2.95. The Morgan fingerprint density at radius 2 is 2.18 bits per heavy atom. The van der Waals surface area contributed by atoms with Crippen molar-refractivity contribution in [2.45, 2.75) is 18.9 Å². The zero-order valence-electron chi connectivity index (χ0n) is 9.07. The number of nitrogens with zero attached hydrogens (tertiary/aromatic N) is 1. The standard InChI is InChI=1S/C11H13NO5/c1-2-3-7-6-8(7)16-11(15)17-12-9(13)4-5-10(12)14/h2,4-5,7-8,13-14H,1,3,6H2. The van der Waals surface area contributed by atoms with Crippen LogP contribution in [0.5, 0.6) is 11.8 Å². The Hall–Kier alpha value is -2.11. The molecule has 2 rings (SSSR count). The summed E-state index contributed by atoms with van der Waals surface area (Å²) in [4.78, 5) is 15.9. The highest BCUT2D eigenvalue weighted by molar-refractivity contribution is 5.61. The molecule has 1 aromatic rings. The first-order chi connectivity index (χ1) is 8.11. The molecule has 0 radical (unpaired) electrons. The lowest BCUT2D eigenvalue weighted by molar-refractivity contribution is 0.0281. The van der Waals surface area contributed by atoms with Crippen molar-refractivity contribution in [1.29, 1.82) is 0 Å². The van der Waals surface area contributed by atoms with Gasteiger partial charge in [0.2, 0.25) is 11.8 Å². The van der Waals surface area contributed by atoms with Gasteiger partial charge in [0, 0.05) is 18.1 Å². The van der Waals surface area contributed by atoms with E-state index in [1.54, 1.807) is 6.08 Å². The lowest BCUT2D eigenvalue weighted by atomic mass is 10.3. The van der Waals surface area contributed by atoms with Gasteiger partial charge in [-0.25, -0.2) is 4.79 Å². The first-order valence-electron chi connectivity index (χ1n) is 5.21. The van der Waals surface area contributed by atoms with E-state index in [0.29, 0.717) is 10.6 Å². The van der Waals surface area contributed by atoms with Crippen LogP contribution in [0.3, 0.4) is 0 Å². The van der Waals surface area contributed by atoms with Crippen molar-refractivity contribution >= 4 is 6.16 Å². The molecule has 0 aliphatic heterocycles. The molecule has 1 aromatic heterocycles. The molecule has 1 aliphatic carbocycles. The monoisotopic (exact) mass is 239 g/mol. The number of ether oxygens (including phenoxy) is 1. The van der Waals surface area contributed by atoms with E-state index < -0.39 is 6.16 Å². The number of carbonyl (C=O) groups is 1. The summed E-state index contributed by atoms with van der Waals surface area (Å²) in [5.41, 5.74) is 0. The number of hydrogen-bond acceptors (Lipinski definition) is 5. The second-order valence-corrected chi connectivity index (χ2v) is 3.86. The zero-order chi connectivity index (χ0) is 12.4. The lowest BCUT2D eigenvalue weighted by Crippen LogP contribution is -2.21. The molecule has 0 saturated heterocycles. The van der Waals surface area contributed by atoms with Gasteiger partial charge in [-0.2, -0.15) is 0 Å². The summed E-state index contributed by atoms with van der Waals surface area (Å²) in [6.45, 7) is 3.60. The second-order valence-electron chi connectivity index (χ2n) is 3.86. The van der Waals surface area contributed by atoms with Crippen LogP contribution >= 0.6 is 0 Å². The Morgan fingerprint density at radius 1 is 1.53 bits per heavy atom. The van der Waals surface area contributed by atoms with E-state index in [1.165, 1.54) is 12.1 Å². The molecular formula is C11H13NO5. The summed E-state index contributed by atoms with van der Waals surface area (Å²) in [5, 5.41) is 18.4. The number of carbonyl (C=O) groups excluding carboxylic acids is 1. The van der Waals surface area contributed by atoms with E-state index >= 15 is 0 Å². The fraction of sp³-hybridized carbons (Fsp3) is 0.364. The molecule has 1 heterocycles. The predicted molar refractivity (Wildman–Crippen MR) is 57.5 cm³/mol. The molecule has 1 saturated carbocycles. The fourth-order valence-electron chi connectivity index (χ4n) is 1.54. The maximum atomic E-state index is 11.3. The summed E-state index contributed by atoms with van der Waals surface area (Å²) in [6, 6.07) is 2.39. The van der Waals surface area contributed by atoms with Gasteiger partial charge >= 0.3 is 6.16 Å². The van der Waals surface area contributed by atoms with Crippen molar-refractivity contribution in [2.24, 2.45) is 5.92 Å². The minimum atomic E-state index is -0.955. The summed E-state index contributed by atoms with van der Waals surface area (Å²) in [6.07, 6.45) is 2.22. The van der Waals surface area contributed by atoms with Crippen molar-refractivity contribution in [2.75, 3.05) is 0 Å². The van der Waals surface area contributed by atoms with Gasteiger partial charge < -0.3 is 14.9 Å². The number of hydrogen-bond donors (Lipinski definition) is 2. The van der Waals surface area contributed by atoms with E-state index in [4.69, 9.17) is 4.74 Å². The third kappa shape index (κ3) is 2.52. The van der Waals surface area contributed by atoms with E-state index in [1.807, 2.05) is 0 Å². The maximum Gasteiger partial charge on any atom is 0.534 e. The van der Waals surface area contributed by atoms with E-state index in [2.05, 4.69) is 11.4 Å². The van der Waals surface area contributed by atoms with Crippen molar-refractivity contribution in [1.82, 2.24) is 4.73 Å². The molecule has 1 fully saturated rings.